The minimum atomic E-state index is -0.799. The summed E-state index contributed by atoms with van der Waals surface area (Å²) >= 11 is 0. The molecule has 0 saturated carbocycles. The quantitative estimate of drug-likeness (QED) is 0.198. The molecule has 2 aromatic rings. The highest BCUT2D eigenvalue weighted by Crippen LogP contribution is 2.20. The van der Waals surface area contributed by atoms with Crippen molar-refractivity contribution in [2.45, 2.75) is 33.2 Å². The van der Waals surface area contributed by atoms with Crippen LogP contribution in [0.15, 0.2) is 54.2 Å². The first-order valence-electron chi connectivity index (χ1n) is 11.3. The molecule has 1 heterocycles. The van der Waals surface area contributed by atoms with Crippen LogP contribution >= 0.6 is 0 Å². The summed E-state index contributed by atoms with van der Waals surface area (Å²) in [6, 6.07) is 12.1. The van der Waals surface area contributed by atoms with Gasteiger partial charge in [0.25, 0.3) is 0 Å². The van der Waals surface area contributed by atoms with Crippen LogP contribution in [0.4, 0.5) is 10.1 Å². The van der Waals surface area contributed by atoms with Crippen molar-refractivity contribution in [1.29, 1.82) is 0 Å². The Balaban J connectivity index is 1.84. The van der Waals surface area contributed by atoms with Gasteiger partial charge in [0.15, 0.2) is 0 Å². The number of halogens is 1. The number of anilines is 1. The highest BCUT2D eigenvalue weighted by Gasteiger charge is 2.24. The largest absolute Gasteiger partial charge is 0.462 e. The molecule has 1 N–H and O–H groups in total. The third-order valence-corrected chi connectivity index (χ3v) is 5.49. The van der Waals surface area contributed by atoms with E-state index in [1.165, 1.54) is 23.9 Å². The van der Waals surface area contributed by atoms with Crippen LogP contribution in [0.5, 0.6) is 0 Å². The van der Waals surface area contributed by atoms with Gasteiger partial charge >= 0.3 is 5.97 Å². The van der Waals surface area contributed by atoms with Crippen LogP contribution < -0.4 is 5.32 Å². The van der Waals surface area contributed by atoms with E-state index in [0.29, 0.717) is 31.4 Å². The number of nitrogens with zero attached hydrogens (tertiary/aromatic N) is 1. The van der Waals surface area contributed by atoms with Crippen molar-refractivity contribution in [2.24, 2.45) is 0 Å². The zero-order valence-corrected chi connectivity index (χ0v) is 19.4. The molecule has 0 unspecified atom stereocenters. The number of Topliss-reactive ketones (excluding diaryl/α,β-unsaturated/α-hetero) is 1. The van der Waals surface area contributed by atoms with Gasteiger partial charge in [-0.25, -0.2) is 9.18 Å². The second-order valence-corrected chi connectivity index (χ2v) is 8.23. The van der Waals surface area contributed by atoms with Gasteiger partial charge in [-0.05, 0) is 48.2 Å². The monoisotopic (exact) mass is 454 g/mol. The molecule has 1 fully saturated rings. The lowest BCUT2D eigenvalue weighted by Crippen LogP contribution is -2.35. The number of morpholine rings is 1. The SMILES string of the molecule is CCOC(=O)C(=CNc1ccc(C(C)C)cc1)C(=O)c1cc(CN2CCOCC2)ccc1F. The number of benzene rings is 2. The van der Waals surface area contributed by atoms with Gasteiger partial charge in [-0.1, -0.05) is 32.0 Å². The van der Waals surface area contributed by atoms with Crippen molar-refractivity contribution in [3.8, 4) is 0 Å². The van der Waals surface area contributed by atoms with Gasteiger partial charge in [0.1, 0.15) is 11.4 Å². The number of carbonyl (C=O) groups excluding carboxylic acids is 2. The maximum absolute atomic E-state index is 14.6. The van der Waals surface area contributed by atoms with Gasteiger partial charge in [-0.2, -0.15) is 0 Å². The molecule has 0 spiro atoms. The molecule has 6 nitrogen and oxygen atoms in total. The zero-order valence-electron chi connectivity index (χ0n) is 19.4. The topological polar surface area (TPSA) is 67.9 Å². The number of rotatable bonds is 9. The highest BCUT2D eigenvalue weighted by atomic mass is 19.1. The van der Waals surface area contributed by atoms with E-state index in [0.717, 1.165) is 18.7 Å². The Bertz CT molecular complexity index is 996. The van der Waals surface area contributed by atoms with Crippen molar-refractivity contribution >= 4 is 17.4 Å². The van der Waals surface area contributed by atoms with E-state index in [4.69, 9.17) is 9.47 Å². The van der Waals surface area contributed by atoms with E-state index >= 15 is 0 Å². The normalized spacial score (nSPS) is 14.9. The molecule has 1 aliphatic rings. The van der Waals surface area contributed by atoms with Crippen molar-refractivity contribution in [3.63, 3.8) is 0 Å². The van der Waals surface area contributed by atoms with Crippen LogP contribution in [-0.2, 0) is 20.8 Å². The number of ether oxygens (including phenoxy) is 2. The fourth-order valence-corrected chi connectivity index (χ4v) is 3.55. The van der Waals surface area contributed by atoms with Crippen LogP contribution in [-0.4, -0.2) is 49.6 Å². The summed E-state index contributed by atoms with van der Waals surface area (Å²) in [6.07, 6.45) is 1.29. The molecule has 7 heteroatoms. The number of nitrogens with one attached hydrogen (secondary N) is 1. The lowest BCUT2D eigenvalue weighted by Gasteiger charge is -2.26. The Morgan fingerprint density at radius 1 is 1.15 bits per heavy atom. The smallest absolute Gasteiger partial charge is 0.343 e. The highest BCUT2D eigenvalue weighted by molar-refractivity contribution is 6.24. The van der Waals surface area contributed by atoms with E-state index in [1.807, 2.05) is 24.3 Å². The summed E-state index contributed by atoms with van der Waals surface area (Å²) in [7, 11) is 0. The van der Waals surface area contributed by atoms with Crippen LogP contribution in [0.2, 0.25) is 0 Å². The first-order valence-corrected chi connectivity index (χ1v) is 11.3. The van der Waals surface area contributed by atoms with Gasteiger partial charge < -0.3 is 14.8 Å². The maximum Gasteiger partial charge on any atom is 0.343 e. The van der Waals surface area contributed by atoms with Gasteiger partial charge in [0, 0.05) is 31.5 Å². The molecule has 33 heavy (non-hydrogen) atoms. The molecule has 1 saturated heterocycles. The van der Waals surface area contributed by atoms with Crippen LogP contribution in [0.1, 0.15) is 48.2 Å². The average Bonchev–Trinajstić information content (AvgIpc) is 2.81. The van der Waals surface area contributed by atoms with Crippen molar-refractivity contribution < 1.29 is 23.5 Å². The molecule has 0 atom stereocenters. The summed E-state index contributed by atoms with van der Waals surface area (Å²) in [5.41, 5.74) is 2.26. The lowest BCUT2D eigenvalue weighted by atomic mass is 10.0. The second kappa shape index (κ2) is 11.7. The molecule has 176 valence electrons. The second-order valence-electron chi connectivity index (χ2n) is 8.23. The zero-order chi connectivity index (χ0) is 23.8. The third-order valence-electron chi connectivity index (χ3n) is 5.49. The van der Waals surface area contributed by atoms with Crippen LogP contribution in [0, 0.1) is 5.82 Å². The Hall–Kier alpha value is -3.03. The number of hydrogen-bond donors (Lipinski definition) is 1. The summed E-state index contributed by atoms with van der Waals surface area (Å²) in [6.45, 7) is 9.36. The van der Waals surface area contributed by atoms with Gasteiger partial charge in [0.2, 0.25) is 5.78 Å². The summed E-state index contributed by atoms with van der Waals surface area (Å²) in [5, 5.41) is 2.97. The summed E-state index contributed by atoms with van der Waals surface area (Å²) < 4.78 is 25.1. The van der Waals surface area contributed by atoms with Crippen molar-refractivity contribution in [2.75, 3.05) is 38.2 Å². The van der Waals surface area contributed by atoms with Crippen molar-refractivity contribution in [3.05, 3.63) is 76.7 Å². The minimum absolute atomic E-state index is 0.103. The number of ketones is 1. The molecule has 0 aliphatic carbocycles. The molecule has 2 aromatic carbocycles. The minimum Gasteiger partial charge on any atom is -0.462 e. The first kappa shape index (κ1) is 24.6. The maximum atomic E-state index is 14.6. The Morgan fingerprint density at radius 2 is 1.85 bits per heavy atom. The van der Waals surface area contributed by atoms with Crippen molar-refractivity contribution in [1.82, 2.24) is 4.90 Å². The van der Waals surface area contributed by atoms with Crippen LogP contribution in [0.3, 0.4) is 0 Å². The van der Waals surface area contributed by atoms with Gasteiger partial charge in [0.05, 0.1) is 25.4 Å². The standard InChI is InChI=1S/C26H31FN2O4/c1-4-33-26(31)23(16-28-21-8-6-20(7-9-21)18(2)3)25(30)22-15-19(5-10-24(22)27)17-29-11-13-32-14-12-29/h5-10,15-16,18,28H,4,11-14,17H2,1-3H3. The Labute approximate surface area is 194 Å². The van der Waals surface area contributed by atoms with Crippen LogP contribution in [0.25, 0.3) is 0 Å². The Morgan fingerprint density at radius 3 is 2.48 bits per heavy atom. The van der Waals surface area contributed by atoms with E-state index in [2.05, 4.69) is 24.1 Å². The van der Waals surface area contributed by atoms with Gasteiger partial charge in [-0.15, -0.1) is 0 Å². The van der Waals surface area contributed by atoms with E-state index < -0.39 is 17.6 Å². The summed E-state index contributed by atoms with van der Waals surface area (Å²) in [4.78, 5) is 27.9. The molecule has 0 aromatic heterocycles. The number of carbonyl (C=O) groups is 2. The average molecular weight is 455 g/mol. The molecule has 1 aliphatic heterocycles. The lowest BCUT2D eigenvalue weighted by molar-refractivity contribution is -0.138. The molecule has 0 bridgehead atoms. The first-order chi connectivity index (χ1) is 15.9. The molecular weight excluding hydrogens is 423 g/mol. The van der Waals surface area contributed by atoms with E-state index in [-0.39, 0.29) is 17.7 Å². The fraction of sp³-hybridized carbons (Fsp3) is 0.385. The summed E-state index contributed by atoms with van der Waals surface area (Å²) in [5.74, 6) is -1.81. The predicted octanol–water partition coefficient (Wildman–Crippen LogP) is 4.52. The van der Waals surface area contributed by atoms with Gasteiger partial charge in [-0.3, -0.25) is 9.69 Å². The Kier molecular flexibility index (Phi) is 8.74. The molecular formula is C26H31FN2O4. The predicted molar refractivity (Wildman–Crippen MR) is 126 cm³/mol. The molecule has 3 rings (SSSR count). The fourth-order valence-electron chi connectivity index (χ4n) is 3.55. The third kappa shape index (κ3) is 6.73. The number of esters is 1. The molecule has 0 radical (unpaired) electrons. The number of hydrogen-bond acceptors (Lipinski definition) is 6. The van der Waals surface area contributed by atoms with E-state index in [9.17, 15) is 14.0 Å². The van der Waals surface area contributed by atoms with E-state index in [1.54, 1.807) is 13.0 Å². The molecule has 0 amide bonds.